The summed E-state index contributed by atoms with van der Waals surface area (Å²) in [5, 5.41) is 66.2. The quantitative estimate of drug-likeness (QED) is 0.204. The number of hydrogen-bond donors (Lipinski definition) is 6. The van der Waals surface area contributed by atoms with Gasteiger partial charge in [-0.2, -0.15) is 0 Å². The summed E-state index contributed by atoms with van der Waals surface area (Å²) in [4.78, 5) is 0. The third kappa shape index (κ3) is 6.18. The highest BCUT2D eigenvalue weighted by molar-refractivity contribution is 5.43. The van der Waals surface area contributed by atoms with Crippen LogP contribution in [-0.4, -0.2) is 112 Å². The monoisotopic (exact) mass is 596 g/mol. The zero-order valence-corrected chi connectivity index (χ0v) is 25.8. The average Bonchev–Trinajstić information content (AvgIpc) is 3.46. The van der Waals surface area contributed by atoms with Gasteiger partial charge in [-0.3, -0.25) is 0 Å². The van der Waals surface area contributed by atoms with E-state index in [1.807, 2.05) is 20.8 Å². The number of fused-ring (bicyclic) bond motifs is 2. The van der Waals surface area contributed by atoms with E-state index in [0.717, 1.165) is 24.0 Å². The first-order valence-electron chi connectivity index (χ1n) is 15.2. The predicted molar refractivity (Wildman–Crippen MR) is 155 cm³/mol. The van der Waals surface area contributed by atoms with E-state index in [0.29, 0.717) is 18.6 Å². The molecule has 240 valence electrons. The minimum atomic E-state index is -1.61. The van der Waals surface area contributed by atoms with Crippen molar-refractivity contribution in [2.45, 2.75) is 108 Å². The molecule has 4 rings (SSSR count). The van der Waals surface area contributed by atoms with Gasteiger partial charge in [-0.25, -0.2) is 0 Å². The van der Waals surface area contributed by atoms with Crippen LogP contribution < -0.4 is 0 Å². The molecule has 3 aliphatic carbocycles. The van der Waals surface area contributed by atoms with E-state index in [1.54, 1.807) is 27.0 Å². The maximum absolute atomic E-state index is 12.0. The van der Waals surface area contributed by atoms with Gasteiger partial charge in [0.05, 0.1) is 31.0 Å². The lowest BCUT2D eigenvalue weighted by molar-refractivity contribution is -0.319. The summed E-state index contributed by atoms with van der Waals surface area (Å²) in [6.45, 7) is 13.4. The van der Waals surface area contributed by atoms with E-state index >= 15 is 0 Å². The number of aliphatic hydroxyl groups excluding tert-OH is 6. The van der Waals surface area contributed by atoms with Gasteiger partial charge in [0.15, 0.2) is 6.29 Å². The van der Waals surface area contributed by atoms with Crippen LogP contribution in [0, 0.1) is 29.1 Å². The topological polar surface area (TPSA) is 158 Å². The van der Waals surface area contributed by atoms with Crippen LogP contribution in [0.1, 0.15) is 53.9 Å². The predicted octanol–water partition coefficient (Wildman–Crippen LogP) is 1.47. The fraction of sp³-hybridized carbons (Fsp3) is 0.812. The third-order valence-electron chi connectivity index (χ3n) is 10.3. The Morgan fingerprint density at radius 1 is 1.10 bits per heavy atom. The Morgan fingerprint density at radius 2 is 1.79 bits per heavy atom. The molecule has 0 amide bonds. The van der Waals surface area contributed by atoms with E-state index in [4.69, 9.17) is 18.9 Å². The fourth-order valence-electron chi connectivity index (χ4n) is 7.33. The normalized spacial score (nSPS) is 43.3. The Bertz CT molecular complexity index is 1020. The number of aliphatic hydroxyl groups is 6. The van der Waals surface area contributed by atoms with E-state index < -0.39 is 60.0 Å². The first kappa shape index (κ1) is 33.7. The smallest absolute Gasteiger partial charge is 0.187 e. The van der Waals surface area contributed by atoms with E-state index in [9.17, 15) is 30.6 Å². The molecule has 42 heavy (non-hydrogen) atoms. The third-order valence-corrected chi connectivity index (χ3v) is 10.3. The number of methoxy groups -OCH3 is 1. The Labute approximate surface area is 249 Å². The highest BCUT2D eigenvalue weighted by atomic mass is 16.7. The number of hydrogen-bond acceptors (Lipinski definition) is 10. The SMILES string of the molecule is C=CC(C)(C)OC[C@H]1O[C@H](O[C@@H]2C3=C([C@H](C)CO)C[C@H](O)[C@]3(C)C=C3[C@@H](COC)CC[C@H]3[C@@H](C)[C@H]2O)[C@H](O)[C@@H](O)[C@@H]1O. The Balaban J connectivity index is 1.76. The van der Waals surface area contributed by atoms with Gasteiger partial charge in [-0.15, -0.1) is 6.58 Å². The molecule has 1 aliphatic heterocycles. The lowest BCUT2D eigenvalue weighted by Crippen LogP contribution is -2.61. The largest absolute Gasteiger partial charge is 0.396 e. The second kappa shape index (κ2) is 13.0. The molecule has 6 N–H and O–H groups in total. The Morgan fingerprint density at radius 3 is 2.40 bits per heavy atom. The molecule has 0 aromatic rings. The minimum absolute atomic E-state index is 0.0306. The van der Waals surface area contributed by atoms with Gasteiger partial charge >= 0.3 is 0 Å². The van der Waals surface area contributed by atoms with Gasteiger partial charge in [0, 0.05) is 31.0 Å². The molecule has 10 nitrogen and oxygen atoms in total. The molecule has 0 aromatic heterocycles. The lowest BCUT2D eigenvalue weighted by Gasteiger charge is -2.46. The molecule has 0 unspecified atom stereocenters. The molecular formula is C32H52O10. The van der Waals surface area contributed by atoms with Crippen LogP contribution in [0.3, 0.4) is 0 Å². The molecule has 0 aromatic carbocycles. The molecule has 0 radical (unpaired) electrons. The van der Waals surface area contributed by atoms with E-state index in [1.165, 1.54) is 0 Å². The molecule has 0 spiro atoms. The van der Waals surface area contributed by atoms with Crippen LogP contribution in [0.25, 0.3) is 0 Å². The van der Waals surface area contributed by atoms with Crippen LogP contribution in [0.15, 0.2) is 35.5 Å². The van der Waals surface area contributed by atoms with Crippen LogP contribution in [0.4, 0.5) is 0 Å². The van der Waals surface area contributed by atoms with Gasteiger partial charge in [-0.1, -0.05) is 37.1 Å². The summed E-state index contributed by atoms with van der Waals surface area (Å²) in [6.07, 6.45) is -4.22. The van der Waals surface area contributed by atoms with Crippen molar-refractivity contribution >= 4 is 0 Å². The first-order chi connectivity index (χ1) is 19.7. The summed E-state index contributed by atoms with van der Waals surface area (Å²) in [7, 11) is 1.68. The van der Waals surface area contributed by atoms with Crippen molar-refractivity contribution in [3.8, 4) is 0 Å². The van der Waals surface area contributed by atoms with Gasteiger partial charge in [0.2, 0.25) is 0 Å². The maximum Gasteiger partial charge on any atom is 0.187 e. The van der Waals surface area contributed by atoms with Crippen LogP contribution in [-0.2, 0) is 18.9 Å². The van der Waals surface area contributed by atoms with Crippen molar-refractivity contribution in [1.82, 2.24) is 0 Å². The number of ether oxygens (including phenoxy) is 4. The molecule has 1 saturated heterocycles. The van der Waals surface area contributed by atoms with Gasteiger partial charge in [0.1, 0.15) is 30.5 Å². The minimum Gasteiger partial charge on any atom is -0.396 e. The average molecular weight is 597 g/mol. The fourth-order valence-corrected chi connectivity index (χ4v) is 7.33. The summed E-state index contributed by atoms with van der Waals surface area (Å²) < 4.78 is 23.9. The van der Waals surface area contributed by atoms with Crippen LogP contribution in [0.2, 0.25) is 0 Å². The van der Waals surface area contributed by atoms with Crippen LogP contribution >= 0.6 is 0 Å². The van der Waals surface area contributed by atoms with Crippen molar-refractivity contribution in [1.29, 1.82) is 0 Å². The van der Waals surface area contributed by atoms with Crippen molar-refractivity contribution in [2.75, 3.05) is 26.9 Å². The lowest BCUT2D eigenvalue weighted by atomic mass is 9.68. The molecule has 4 aliphatic rings. The molecular weight excluding hydrogens is 544 g/mol. The van der Waals surface area contributed by atoms with Crippen molar-refractivity contribution in [3.05, 3.63) is 35.5 Å². The van der Waals surface area contributed by atoms with Crippen molar-refractivity contribution in [2.24, 2.45) is 29.1 Å². The molecule has 10 heteroatoms. The van der Waals surface area contributed by atoms with Crippen molar-refractivity contribution < 1.29 is 49.6 Å². The Hall–Kier alpha value is -1.18. The second-order valence-electron chi connectivity index (χ2n) is 13.5. The van der Waals surface area contributed by atoms with Gasteiger partial charge in [-0.05, 0) is 57.4 Å². The summed E-state index contributed by atoms with van der Waals surface area (Å²) in [6, 6.07) is 0. The van der Waals surface area contributed by atoms with Gasteiger partial charge < -0.3 is 49.6 Å². The zero-order chi connectivity index (χ0) is 31.1. The van der Waals surface area contributed by atoms with E-state index in [2.05, 4.69) is 12.7 Å². The summed E-state index contributed by atoms with van der Waals surface area (Å²) >= 11 is 0. The maximum atomic E-state index is 12.0. The highest BCUT2D eigenvalue weighted by Crippen LogP contribution is 2.55. The molecule has 2 fully saturated rings. The first-order valence-corrected chi connectivity index (χ1v) is 15.2. The van der Waals surface area contributed by atoms with E-state index in [-0.39, 0.29) is 36.9 Å². The molecule has 1 saturated carbocycles. The highest BCUT2D eigenvalue weighted by Gasteiger charge is 2.55. The number of rotatable bonds is 10. The Kier molecular flexibility index (Phi) is 10.5. The molecule has 0 bridgehead atoms. The van der Waals surface area contributed by atoms with Gasteiger partial charge in [0.25, 0.3) is 0 Å². The van der Waals surface area contributed by atoms with Crippen molar-refractivity contribution in [3.63, 3.8) is 0 Å². The summed E-state index contributed by atoms with van der Waals surface area (Å²) in [5.41, 5.74) is 0.955. The molecule has 1 heterocycles. The molecule has 13 atom stereocenters. The summed E-state index contributed by atoms with van der Waals surface area (Å²) in [5.74, 6) is -0.378. The van der Waals surface area contributed by atoms with Crippen LogP contribution in [0.5, 0.6) is 0 Å². The second-order valence-corrected chi connectivity index (χ2v) is 13.5. The standard InChI is InChI=1S/C32H52O10/c1-8-31(4,5)40-15-22-26(36)27(37)28(38)30(41-22)42-29-24-20(16(2)13-33)11-23(34)32(24,6)12-21-18(14-39-7)9-10-19(21)17(3)25(29)35/h8,12,16-19,22-23,25-30,33-38H,1,9-11,13-15H2,2-7H3/t16-,17-,18-,19+,22-,23+,25-,26-,27+,28-,29-,30-,32+/m1/s1. The zero-order valence-electron chi connectivity index (χ0n) is 25.8.